The number of aromatic nitrogens is 3. The van der Waals surface area contributed by atoms with Crippen molar-refractivity contribution in [1.82, 2.24) is 14.5 Å². The van der Waals surface area contributed by atoms with Gasteiger partial charge in [0.2, 0.25) is 0 Å². The molecule has 380 valence electrons. The van der Waals surface area contributed by atoms with Crippen LogP contribution in [-0.2, 0) is 42.7 Å². The SMILES string of the molecule is [2H]c1ccc(-c2ccc(-c3ccnc(-c4[c-]c(-c5cccc6c5nc(-c5cc(C(C)(C)C)cc(C(C)(C)C)c5O)n6-c5ccc(C(C)(C)C)cc5-c5ccc(C(C)(C)C)cc5)cc(-c5ccccc5)c4)c3)cc2)cc1.[Pt]. The van der Waals surface area contributed by atoms with E-state index in [1.54, 1.807) is 0 Å². The van der Waals surface area contributed by atoms with Crippen LogP contribution >= 0.6 is 0 Å². The number of hydrogen-bond donors (Lipinski definition) is 1. The maximum absolute atomic E-state index is 12.7. The fourth-order valence-corrected chi connectivity index (χ4v) is 9.97. The van der Waals surface area contributed by atoms with E-state index >= 15 is 0 Å². The average molecular weight is 1160 g/mol. The summed E-state index contributed by atoms with van der Waals surface area (Å²) < 4.78 is 10.2. The van der Waals surface area contributed by atoms with Crippen LogP contribution < -0.4 is 0 Å². The molecule has 0 aliphatic rings. The third-order valence-electron chi connectivity index (χ3n) is 14.4. The zero-order valence-electron chi connectivity index (χ0n) is 46.4. The van der Waals surface area contributed by atoms with Crippen molar-refractivity contribution in [3.63, 3.8) is 0 Å². The molecule has 0 atom stereocenters. The second kappa shape index (κ2) is 20.2. The van der Waals surface area contributed by atoms with Crippen molar-refractivity contribution in [1.29, 1.82) is 0 Å². The standard InChI is InChI=1S/C70H68N3O.Pt/c1-67(2,3)54-32-30-49(31-33-54)58-42-55(68(4,5)6)34-35-62(58)73-63-25-19-24-57(64(63)72-66(73)59-43-56(69(7,8)9)44-60(65(59)74)70(10,11)12)52-38-51(46-22-17-14-18-23-46)39-53(40-52)61-41-50(36-37-71-61)48-28-26-47(27-29-48)45-20-15-13-16-21-45;/h13-39,41-44,74H,1-12H3;/q-1;/i13D;. The number of hydrogen-bond acceptors (Lipinski definition) is 3. The van der Waals surface area contributed by atoms with E-state index in [4.69, 9.17) is 11.3 Å². The third-order valence-corrected chi connectivity index (χ3v) is 14.4. The van der Waals surface area contributed by atoms with Gasteiger partial charge in [-0.05, 0) is 102 Å². The predicted molar refractivity (Wildman–Crippen MR) is 312 cm³/mol. The third kappa shape index (κ3) is 10.7. The van der Waals surface area contributed by atoms with Crippen LogP contribution in [0.1, 0.15) is 107 Å². The molecule has 10 rings (SSSR count). The molecule has 0 fully saturated rings. The van der Waals surface area contributed by atoms with Gasteiger partial charge in [0.1, 0.15) is 11.6 Å². The molecule has 2 heterocycles. The van der Waals surface area contributed by atoms with Crippen molar-refractivity contribution in [2.75, 3.05) is 0 Å². The largest absolute Gasteiger partial charge is 0.507 e. The second-order valence-electron chi connectivity index (χ2n) is 24.0. The van der Waals surface area contributed by atoms with Gasteiger partial charge in [-0.2, -0.15) is 0 Å². The van der Waals surface area contributed by atoms with E-state index in [1.165, 1.54) is 11.1 Å². The first-order valence-electron chi connectivity index (χ1n) is 26.4. The Kier molecular flexibility index (Phi) is 13.8. The van der Waals surface area contributed by atoms with E-state index in [0.717, 1.165) is 94.7 Å². The summed E-state index contributed by atoms with van der Waals surface area (Å²) in [5, 5.41) is 12.7. The van der Waals surface area contributed by atoms with Crippen molar-refractivity contribution < 1.29 is 27.5 Å². The number of phenols is 1. The van der Waals surface area contributed by atoms with Crippen molar-refractivity contribution in [3.8, 4) is 89.7 Å². The molecule has 0 radical (unpaired) electrons. The fourth-order valence-electron chi connectivity index (χ4n) is 9.97. The molecule has 0 amide bonds. The van der Waals surface area contributed by atoms with Crippen LogP contribution in [0.15, 0.2) is 188 Å². The summed E-state index contributed by atoms with van der Waals surface area (Å²) in [6.45, 7) is 26.8. The summed E-state index contributed by atoms with van der Waals surface area (Å²) in [6, 6.07) is 66.4. The van der Waals surface area contributed by atoms with Crippen LogP contribution in [0.5, 0.6) is 5.75 Å². The van der Waals surface area contributed by atoms with Gasteiger partial charge in [-0.15, -0.1) is 23.8 Å². The summed E-state index contributed by atoms with van der Waals surface area (Å²) in [5.41, 5.74) is 19.3. The Bertz CT molecular complexity index is 3730. The van der Waals surface area contributed by atoms with Crippen LogP contribution in [-0.4, -0.2) is 19.6 Å². The topological polar surface area (TPSA) is 50.9 Å². The molecule has 4 nitrogen and oxygen atoms in total. The smallest absolute Gasteiger partial charge is 0.148 e. The van der Waals surface area contributed by atoms with Gasteiger partial charge in [0.15, 0.2) is 0 Å². The Hall–Kier alpha value is -7.13. The number of para-hydroxylation sites is 1. The molecule has 0 spiro atoms. The van der Waals surface area contributed by atoms with E-state index in [0.29, 0.717) is 17.4 Å². The first-order valence-corrected chi connectivity index (χ1v) is 25.9. The van der Waals surface area contributed by atoms with Gasteiger partial charge in [-0.3, -0.25) is 9.55 Å². The van der Waals surface area contributed by atoms with Gasteiger partial charge in [0.05, 0.1) is 23.7 Å². The van der Waals surface area contributed by atoms with Gasteiger partial charge < -0.3 is 5.11 Å². The van der Waals surface area contributed by atoms with Crippen LogP contribution in [0.3, 0.4) is 0 Å². The number of rotatable bonds is 8. The Morgan fingerprint density at radius 3 is 1.65 bits per heavy atom. The summed E-state index contributed by atoms with van der Waals surface area (Å²) >= 11 is 0. The number of phenolic OH excluding ortho intramolecular Hbond substituents is 1. The van der Waals surface area contributed by atoms with E-state index in [1.807, 2.05) is 36.5 Å². The first kappa shape index (κ1) is 51.4. The number of benzene rings is 8. The molecule has 5 heteroatoms. The molecule has 2 aromatic heterocycles. The molecule has 10 aromatic rings. The molecular weight excluding hydrogens is 1090 g/mol. The van der Waals surface area contributed by atoms with Crippen LogP contribution in [0, 0.1) is 6.07 Å². The van der Waals surface area contributed by atoms with Gasteiger partial charge in [0, 0.05) is 44.1 Å². The normalized spacial score (nSPS) is 12.4. The summed E-state index contributed by atoms with van der Waals surface area (Å²) in [6.07, 6.45) is 1.88. The number of pyridine rings is 1. The number of aromatic hydroxyl groups is 1. The second-order valence-corrected chi connectivity index (χ2v) is 24.0. The van der Waals surface area contributed by atoms with Crippen molar-refractivity contribution in [2.45, 2.75) is 105 Å². The summed E-state index contributed by atoms with van der Waals surface area (Å²) in [5.74, 6) is 0.898. The molecule has 0 unspecified atom stereocenters. The van der Waals surface area contributed by atoms with Crippen LogP contribution in [0.4, 0.5) is 0 Å². The molecular formula is C70H68N3OPt-. The monoisotopic (exact) mass is 1160 g/mol. The summed E-state index contributed by atoms with van der Waals surface area (Å²) in [4.78, 5) is 10.7. The predicted octanol–water partition coefficient (Wildman–Crippen LogP) is 18.8. The Labute approximate surface area is 461 Å². The zero-order chi connectivity index (χ0) is 53.2. The van der Waals surface area contributed by atoms with Crippen molar-refractivity contribution in [2.24, 2.45) is 0 Å². The maximum Gasteiger partial charge on any atom is 0.148 e. The van der Waals surface area contributed by atoms with E-state index in [9.17, 15) is 5.11 Å². The Morgan fingerprint density at radius 2 is 1.01 bits per heavy atom. The quantitative estimate of drug-likeness (QED) is 0.154. The molecule has 75 heavy (non-hydrogen) atoms. The molecule has 1 N–H and O–H groups in total. The first-order chi connectivity index (χ1) is 35.5. The molecule has 0 saturated carbocycles. The van der Waals surface area contributed by atoms with E-state index in [-0.39, 0.29) is 48.5 Å². The molecule has 0 aliphatic carbocycles. The minimum absolute atomic E-state index is 0. The van der Waals surface area contributed by atoms with Crippen LogP contribution in [0.2, 0.25) is 0 Å². The fraction of sp³-hybridized carbons (Fsp3) is 0.229. The van der Waals surface area contributed by atoms with E-state index in [2.05, 4.69) is 239 Å². The number of fused-ring (bicyclic) bond motifs is 1. The van der Waals surface area contributed by atoms with Crippen LogP contribution in [0.25, 0.3) is 95.0 Å². The van der Waals surface area contributed by atoms with Gasteiger partial charge in [-0.25, -0.2) is 4.98 Å². The summed E-state index contributed by atoms with van der Waals surface area (Å²) in [7, 11) is 0. The zero-order valence-corrected chi connectivity index (χ0v) is 47.7. The average Bonchev–Trinajstić information content (AvgIpc) is 3.79. The molecule has 0 bridgehead atoms. The Balaban J connectivity index is 0.00000706. The molecule has 0 saturated heterocycles. The van der Waals surface area contributed by atoms with Gasteiger partial charge in [0.25, 0.3) is 0 Å². The number of imidazole rings is 1. The minimum atomic E-state index is -0.357. The Morgan fingerprint density at radius 1 is 0.453 bits per heavy atom. The van der Waals surface area contributed by atoms with Gasteiger partial charge >= 0.3 is 0 Å². The molecule has 0 aliphatic heterocycles. The minimum Gasteiger partial charge on any atom is -0.507 e. The van der Waals surface area contributed by atoms with E-state index < -0.39 is 0 Å². The van der Waals surface area contributed by atoms with Crippen molar-refractivity contribution >= 4 is 11.0 Å². The van der Waals surface area contributed by atoms with Crippen molar-refractivity contribution in [3.05, 3.63) is 216 Å². The molecule has 8 aromatic carbocycles. The number of nitrogens with zero attached hydrogens (tertiary/aromatic N) is 3. The maximum atomic E-state index is 12.7. The van der Waals surface area contributed by atoms with Gasteiger partial charge in [-0.1, -0.05) is 239 Å².